The summed E-state index contributed by atoms with van der Waals surface area (Å²) in [4.78, 5) is 2.60. The molecule has 0 aromatic heterocycles. The van der Waals surface area contributed by atoms with E-state index in [-0.39, 0.29) is 0 Å². The third kappa shape index (κ3) is 3.76. The molecule has 0 spiro atoms. The number of benzene rings is 1. The minimum Gasteiger partial charge on any atom is -0.508 e. The van der Waals surface area contributed by atoms with Gasteiger partial charge >= 0.3 is 0 Å². The molecule has 0 aliphatic carbocycles. The van der Waals surface area contributed by atoms with Gasteiger partial charge in [-0.3, -0.25) is 4.90 Å². The van der Waals surface area contributed by atoms with E-state index < -0.39 is 0 Å². The largest absolute Gasteiger partial charge is 0.508 e. The van der Waals surface area contributed by atoms with Gasteiger partial charge < -0.3 is 5.11 Å². The molecule has 112 valence electrons. The van der Waals surface area contributed by atoms with Crippen LogP contribution in [0.5, 0.6) is 5.75 Å². The monoisotopic (exact) mass is 275 g/mol. The van der Waals surface area contributed by atoms with Gasteiger partial charge in [0.1, 0.15) is 5.75 Å². The maximum absolute atomic E-state index is 9.40. The fourth-order valence-electron chi connectivity index (χ4n) is 3.34. The highest BCUT2D eigenvalue weighted by molar-refractivity contribution is 5.27. The normalized spacial score (nSPS) is 23.3. The molecule has 0 bridgehead atoms. The third-order valence-electron chi connectivity index (χ3n) is 4.91. The molecule has 1 aliphatic rings. The fraction of sp³-hybridized carbons (Fsp3) is 0.667. The molecule has 2 heteroatoms. The maximum Gasteiger partial charge on any atom is 0.115 e. The van der Waals surface area contributed by atoms with Crippen molar-refractivity contribution in [3.63, 3.8) is 0 Å². The zero-order valence-corrected chi connectivity index (χ0v) is 13.4. The number of hydrogen-bond donors (Lipinski definition) is 1. The number of phenols is 1. The fourth-order valence-corrected chi connectivity index (χ4v) is 3.34. The van der Waals surface area contributed by atoms with Gasteiger partial charge in [0.25, 0.3) is 0 Å². The van der Waals surface area contributed by atoms with E-state index in [0.29, 0.717) is 17.2 Å². The van der Waals surface area contributed by atoms with E-state index in [1.807, 2.05) is 12.1 Å². The lowest BCUT2D eigenvalue weighted by Gasteiger charge is -2.31. The average molecular weight is 275 g/mol. The molecule has 2 atom stereocenters. The van der Waals surface area contributed by atoms with Crippen LogP contribution in [0.2, 0.25) is 0 Å². The number of likely N-dealkylation sites (tertiary alicyclic amines) is 1. The minimum absolute atomic E-state index is 0.351. The molecule has 0 saturated carbocycles. The van der Waals surface area contributed by atoms with E-state index in [1.54, 1.807) is 12.1 Å². The van der Waals surface area contributed by atoms with E-state index >= 15 is 0 Å². The van der Waals surface area contributed by atoms with Crippen LogP contribution in [0.3, 0.4) is 0 Å². The lowest BCUT2D eigenvalue weighted by molar-refractivity contribution is 0.189. The predicted octanol–water partition coefficient (Wildman–Crippen LogP) is 4.60. The van der Waals surface area contributed by atoms with Gasteiger partial charge in [0, 0.05) is 6.04 Å². The van der Waals surface area contributed by atoms with Gasteiger partial charge in [0.15, 0.2) is 0 Å². The van der Waals surface area contributed by atoms with Crippen molar-refractivity contribution in [3.05, 3.63) is 29.8 Å². The molecule has 1 heterocycles. The molecule has 1 N–H and O–H groups in total. The van der Waals surface area contributed by atoms with Crippen molar-refractivity contribution in [3.8, 4) is 5.75 Å². The van der Waals surface area contributed by atoms with Crippen molar-refractivity contribution in [2.75, 3.05) is 13.1 Å². The summed E-state index contributed by atoms with van der Waals surface area (Å²) < 4.78 is 0. The van der Waals surface area contributed by atoms with Crippen molar-refractivity contribution in [1.29, 1.82) is 0 Å². The summed E-state index contributed by atoms with van der Waals surface area (Å²) in [6.07, 6.45) is 3.94. The number of phenolic OH excluding ortho intramolecular Hbond substituents is 1. The molecule has 1 saturated heterocycles. The maximum atomic E-state index is 9.40. The topological polar surface area (TPSA) is 23.5 Å². The summed E-state index contributed by atoms with van der Waals surface area (Å²) in [5, 5.41) is 9.40. The lowest BCUT2D eigenvalue weighted by atomic mass is 9.77. The van der Waals surface area contributed by atoms with Gasteiger partial charge in [-0.1, -0.05) is 32.9 Å². The molecule has 1 fully saturated rings. The summed E-state index contributed by atoms with van der Waals surface area (Å²) in [7, 11) is 0. The second-order valence-electron chi connectivity index (χ2n) is 7.30. The second kappa shape index (κ2) is 6.17. The third-order valence-corrected chi connectivity index (χ3v) is 4.91. The first-order chi connectivity index (χ1) is 9.38. The molecular formula is C18H29NO. The summed E-state index contributed by atoms with van der Waals surface area (Å²) in [6.45, 7) is 11.8. The van der Waals surface area contributed by atoms with Crippen molar-refractivity contribution >= 4 is 0 Å². The molecule has 2 nitrogen and oxygen atoms in total. The average Bonchev–Trinajstić information content (AvgIpc) is 2.64. The standard InChI is InChI=1S/C18H29NO/c1-14(15-7-9-17(20)10-8-15)19-12-5-6-16(11-13-19)18(2,3)4/h7-10,14,16,20H,5-6,11-13H2,1-4H3. The van der Waals surface area contributed by atoms with Gasteiger partial charge in [0.05, 0.1) is 0 Å². The number of nitrogens with zero attached hydrogens (tertiary/aromatic N) is 1. The van der Waals surface area contributed by atoms with Gasteiger partial charge in [-0.15, -0.1) is 0 Å². The second-order valence-corrected chi connectivity index (χ2v) is 7.30. The Bertz CT molecular complexity index is 418. The molecule has 1 aromatic rings. The van der Waals surface area contributed by atoms with E-state index in [1.165, 1.54) is 37.9 Å². The van der Waals surface area contributed by atoms with Crippen molar-refractivity contribution in [2.24, 2.45) is 11.3 Å². The van der Waals surface area contributed by atoms with Gasteiger partial charge in [-0.25, -0.2) is 0 Å². The van der Waals surface area contributed by atoms with Crippen molar-refractivity contribution in [2.45, 2.75) is 53.0 Å². The summed E-state index contributed by atoms with van der Waals surface area (Å²) >= 11 is 0. The van der Waals surface area contributed by atoms with Crippen LogP contribution in [0, 0.1) is 11.3 Å². The molecule has 2 unspecified atom stereocenters. The zero-order chi connectivity index (χ0) is 14.8. The van der Waals surface area contributed by atoms with Crippen molar-refractivity contribution < 1.29 is 5.11 Å². The molecule has 0 radical (unpaired) electrons. The summed E-state index contributed by atoms with van der Waals surface area (Å²) in [5.74, 6) is 1.18. The summed E-state index contributed by atoms with van der Waals surface area (Å²) in [5.41, 5.74) is 1.73. The Balaban J connectivity index is 2.01. The Morgan fingerprint density at radius 3 is 2.35 bits per heavy atom. The van der Waals surface area contributed by atoms with E-state index in [0.717, 1.165) is 5.92 Å². The smallest absolute Gasteiger partial charge is 0.115 e. The zero-order valence-electron chi connectivity index (χ0n) is 13.4. The van der Waals surface area contributed by atoms with Crippen LogP contribution < -0.4 is 0 Å². The lowest BCUT2D eigenvalue weighted by Crippen LogP contribution is -2.29. The first-order valence-corrected chi connectivity index (χ1v) is 7.91. The number of aromatic hydroxyl groups is 1. The quantitative estimate of drug-likeness (QED) is 0.852. The highest BCUT2D eigenvalue weighted by Crippen LogP contribution is 2.36. The van der Waals surface area contributed by atoms with Crippen LogP contribution >= 0.6 is 0 Å². The van der Waals surface area contributed by atoms with Crippen LogP contribution in [0.1, 0.15) is 58.6 Å². The van der Waals surface area contributed by atoms with E-state index in [9.17, 15) is 5.11 Å². The van der Waals surface area contributed by atoms with Crippen LogP contribution in [-0.2, 0) is 0 Å². The Morgan fingerprint density at radius 1 is 1.10 bits per heavy atom. The molecule has 20 heavy (non-hydrogen) atoms. The molecule has 1 aromatic carbocycles. The summed E-state index contributed by atoms with van der Waals surface area (Å²) in [6, 6.07) is 8.12. The van der Waals surface area contributed by atoms with Crippen LogP contribution in [0.15, 0.2) is 24.3 Å². The first kappa shape index (κ1) is 15.4. The predicted molar refractivity (Wildman–Crippen MR) is 84.9 cm³/mol. The first-order valence-electron chi connectivity index (χ1n) is 7.91. The van der Waals surface area contributed by atoms with E-state index in [4.69, 9.17) is 0 Å². The van der Waals surface area contributed by atoms with Crippen LogP contribution in [0.25, 0.3) is 0 Å². The van der Waals surface area contributed by atoms with Crippen LogP contribution in [-0.4, -0.2) is 23.1 Å². The molecular weight excluding hydrogens is 246 g/mol. The number of rotatable bonds is 2. The minimum atomic E-state index is 0.351. The van der Waals surface area contributed by atoms with Crippen molar-refractivity contribution in [1.82, 2.24) is 4.90 Å². The molecule has 1 aliphatic heterocycles. The Morgan fingerprint density at radius 2 is 1.75 bits per heavy atom. The van der Waals surface area contributed by atoms with Crippen LogP contribution in [0.4, 0.5) is 0 Å². The Kier molecular flexibility index (Phi) is 4.74. The Labute approximate surface area is 123 Å². The molecule has 0 amide bonds. The van der Waals surface area contributed by atoms with E-state index in [2.05, 4.69) is 32.6 Å². The van der Waals surface area contributed by atoms with Gasteiger partial charge in [0.2, 0.25) is 0 Å². The highest BCUT2D eigenvalue weighted by Gasteiger charge is 2.28. The SMILES string of the molecule is CC(c1ccc(O)cc1)N1CCCC(C(C)(C)C)CC1. The number of hydrogen-bond acceptors (Lipinski definition) is 2. The van der Waals surface area contributed by atoms with Gasteiger partial charge in [-0.2, -0.15) is 0 Å². The molecule has 2 rings (SSSR count). The Hall–Kier alpha value is -1.02. The van der Waals surface area contributed by atoms with Gasteiger partial charge in [-0.05, 0) is 68.3 Å². The highest BCUT2D eigenvalue weighted by atomic mass is 16.3.